The molecule has 1 heterocycles. The predicted molar refractivity (Wildman–Crippen MR) is 86.7 cm³/mol. The van der Waals surface area contributed by atoms with Crippen LogP contribution in [0.15, 0.2) is 42.5 Å². The molecule has 0 spiro atoms. The second-order valence-corrected chi connectivity index (χ2v) is 6.05. The smallest absolute Gasteiger partial charge is 0.256 e. The quantitative estimate of drug-likeness (QED) is 0.856. The Hall–Kier alpha value is -1.91. The number of rotatable bonds is 3. The minimum Gasteiger partial charge on any atom is -0.363 e. The molecule has 0 radical (unpaired) electrons. The summed E-state index contributed by atoms with van der Waals surface area (Å²) in [6.07, 6.45) is 0.216. The van der Waals surface area contributed by atoms with Crippen LogP contribution in [0.4, 0.5) is 4.39 Å². The van der Waals surface area contributed by atoms with Gasteiger partial charge in [-0.2, -0.15) is 0 Å². The Kier molecular flexibility index (Phi) is 4.64. The number of fused-ring (bicyclic) bond motifs is 1. The molecular weight excluding hydrogens is 317 g/mol. The van der Waals surface area contributed by atoms with E-state index in [-0.39, 0.29) is 10.9 Å². The van der Waals surface area contributed by atoms with E-state index < -0.39 is 11.9 Å². The normalized spacial score (nSPS) is 16.7. The van der Waals surface area contributed by atoms with Crippen LogP contribution in [0, 0.1) is 5.82 Å². The van der Waals surface area contributed by atoms with Crippen LogP contribution in [0.25, 0.3) is 0 Å². The highest BCUT2D eigenvalue weighted by Crippen LogP contribution is 2.28. The largest absolute Gasteiger partial charge is 0.363 e. The number of carbonyl (C=O) groups excluding carboxylic acids is 1. The van der Waals surface area contributed by atoms with E-state index in [2.05, 4.69) is 0 Å². The molecule has 0 bridgehead atoms. The average molecular weight is 334 g/mol. The zero-order valence-electron chi connectivity index (χ0n) is 12.8. The van der Waals surface area contributed by atoms with Gasteiger partial charge in [0.2, 0.25) is 0 Å². The highest BCUT2D eigenvalue weighted by Gasteiger charge is 2.29. The fourth-order valence-electron chi connectivity index (χ4n) is 2.79. The van der Waals surface area contributed by atoms with Crippen LogP contribution in [0.5, 0.6) is 0 Å². The molecule has 1 amide bonds. The van der Waals surface area contributed by atoms with Gasteiger partial charge >= 0.3 is 0 Å². The third kappa shape index (κ3) is 3.38. The Bertz CT molecular complexity index is 735. The van der Waals surface area contributed by atoms with E-state index in [1.807, 2.05) is 24.3 Å². The molecule has 3 rings (SSSR count). The van der Waals surface area contributed by atoms with Crippen LogP contribution in [0.3, 0.4) is 0 Å². The number of likely N-dealkylation sites (N-methyl/N-ethyl adjacent to an activating group) is 1. The van der Waals surface area contributed by atoms with Crippen LogP contribution in [-0.4, -0.2) is 24.5 Å². The van der Waals surface area contributed by atoms with E-state index in [4.69, 9.17) is 16.3 Å². The van der Waals surface area contributed by atoms with E-state index in [9.17, 15) is 9.18 Å². The van der Waals surface area contributed by atoms with Crippen molar-refractivity contribution in [3.05, 3.63) is 70.0 Å². The van der Waals surface area contributed by atoms with E-state index in [0.717, 1.165) is 17.5 Å². The molecule has 1 atom stereocenters. The lowest BCUT2D eigenvalue weighted by atomic mass is 9.97. The summed E-state index contributed by atoms with van der Waals surface area (Å²) in [5.41, 5.74) is 2.74. The highest BCUT2D eigenvalue weighted by molar-refractivity contribution is 6.30. The number of hydrogen-bond donors (Lipinski definition) is 0. The number of nitrogens with zero attached hydrogens (tertiary/aromatic N) is 1. The highest BCUT2D eigenvalue weighted by atomic mass is 35.5. The summed E-state index contributed by atoms with van der Waals surface area (Å²) >= 11 is 5.68. The monoisotopic (exact) mass is 333 g/mol. The van der Waals surface area contributed by atoms with Gasteiger partial charge in [-0.15, -0.1) is 0 Å². The van der Waals surface area contributed by atoms with Crippen LogP contribution >= 0.6 is 11.6 Å². The summed E-state index contributed by atoms with van der Waals surface area (Å²) < 4.78 is 19.2. The summed E-state index contributed by atoms with van der Waals surface area (Å²) in [7, 11) is 1.69. The average Bonchev–Trinajstić information content (AvgIpc) is 2.57. The van der Waals surface area contributed by atoms with Gasteiger partial charge in [-0.3, -0.25) is 4.79 Å². The maximum atomic E-state index is 13.5. The Balaban J connectivity index is 1.76. The lowest BCUT2D eigenvalue weighted by Gasteiger charge is -2.29. The summed E-state index contributed by atoms with van der Waals surface area (Å²) in [6.45, 7) is 0.825. The molecule has 0 fully saturated rings. The second-order valence-electron chi connectivity index (χ2n) is 5.64. The van der Waals surface area contributed by atoms with Gasteiger partial charge in [0.25, 0.3) is 5.91 Å². The van der Waals surface area contributed by atoms with Gasteiger partial charge in [-0.25, -0.2) is 4.39 Å². The van der Waals surface area contributed by atoms with Crippen LogP contribution in [0.2, 0.25) is 5.02 Å². The molecular formula is C18H17ClFNO2. The number of carbonyl (C=O) groups is 1. The van der Waals surface area contributed by atoms with Gasteiger partial charge in [-0.05, 0) is 35.2 Å². The number of halogens is 2. The molecule has 2 aromatic rings. The first kappa shape index (κ1) is 16.0. The summed E-state index contributed by atoms with van der Waals surface area (Å²) in [6, 6.07) is 12.4. The Morgan fingerprint density at radius 3 is 2.91 bits per heavy atom. The number of benzene rings is 2. The van der Waals surface area contributed by atoms with Crippen molar-refractivity contribution in [2.75, 3.05) is 13.7 Å². The molecule has 1 aliphatic rings. The van der Waals surface area contributed by atoms with E-state index in [1.165, 1.54) is 12.1 Å². The molecule has 5 heteroatoms. The minimum atomic E-state index is -0.595. The topological polar surface area (TPSA) is 29.5 Å². The van der Waals surface area contributed by atoms with Crippen molar-refractivity contribution in [3.63, 3.8) is 0 Å². The maximum absolute atomic E-state index is 13.5. The molecule has 3 nitrogen and oxygen atoms in total. The van der Waals surface area contributed by atoms with Crippen molar-refractivity contribution in [2.45, 2.75) is 19.1 Å². The van der Waals surface area contributed by atoms with Crippen molar-refractivity contribution in [1.29, 1.82) is 0 Å². The number of hydrogen-bond acceptors (Lipinski definition) is 2. The molecule has 1 aliphatic heterocycles. The van der Waals surface area contributed by atoms with Crippen LogP contribution in [-0.2, 0) is 22.5 Å². The lowest BCUT2D eigenvalue weighted by molar-refractivity contribution is -0.144. The molecule has 0 saturated carbocycles. The fraction of sp³-hybridized carbons (Fsp3) is 0.278. The van der Waals surface area contributed by atoms with Crippen LogP contribution in [0.1, 0.15) is 22.8 Å². The predicted octanol–water partition coefficient (Wildman–Crippen LogP) is 3.75. The first-order chi connectivity index (χ1) is 11.1. The Morgan fingerprint density at radius 1 is 1.35 bits per heavy atom. The third-order valence-corrected chi connectivity index (χ3v) is 4.30. The van der Waals surface area contributed by atoms with E-state index in [0.29, 0.717) is 18.7 Å². The lowest BCUT2D eigenvalue weighted by Crippen LogP contribution is -2.35. The van der Waals surface area contributed by atoms with Crippen molar-refractivity contribution in [3.8, 4) is 0 Å². The first-order valence-corrected chi connectivity index (χ1v) is 7.82. The number of ether oxygens (including phenoxy) is 1. The van der Waals surface area contributed by atoms with E-state index >= 15 is 0 Å². The summed E-state index contributed by atoms with van der Waals surface area (Å²) in [5, 5.41) is 0.0762. The zero-order valence-corrected chi connectivity index (χ0v) is 13.5. The standard InChI is InChI=1S/C18H17ClFNO2/c1-21(11-12-6-7-15(19)16(20)10-12)18(22)17-14-5-3-2-4-13(14)8-9-23-17/h2-7,10,17H,8-9,11H2,1H3. The fourth-order valence-corrected chi connectivity index (χ4v) is 2.91. The van der Waals surface area contributed by atoms with Gasteiger partial charge in [0.15, 0.2) is 6.10 Å². The van der Waals surface area contributed by atoms with Crippen molar-refractivity contribution < 1.29 is 13.9 Å². The third-order valence-electron chi connectivity index (χ3n) is 4.00. The molecule has 2 aromatic carbocycles. The molecule has 0 aromatic heterocycles. The van der Waals surface area contributed by atoms with Crippen molar-refractivity contribution in [2.24, 2.45) is 0 Å². The van der Waals surface area contributed by atoms with Gasteiger partial charge < -0.3 is 9.64 Å². The molecule has 0 saturated heterocycles. The molecule has 1 unspecified atom stereocenters. The molecule has 0 aliphatic carbocycles. The molecule has 0 N–H and O–H groups in total. The van der Waals surface area contributed by atoms with Crippen molar-refractivity contribution in [1.82, 2.24) is 4.90 Å². The zero-order chi connectivity index (χ0) is 16.4. The van der Waals surface area contributed by atoms with Gasteiger partial charge in [0.05, 0.1) is 11.6 Å². The van der Waals surface area contributed by atoms with E-state index in [1.54, 1.807) is 18.0 Å². The SMILES string of the molecule is CN(Cc1ccc(Cl)c(F)c1)C(=O)C1OCCc2ccccc21. The van der Waals surface area contributed by atoms with Gasteiger partial charge in [-0.1, -0.05) is 41.9 Å². The summed E-state index contributed by atoms with van der Waals surface area (Å²) in [5.74, 6) is -0.614. The van der Waals surface area contributed by atoms with Crippen LogP contribution < -0.4 is 0 Å². The molecule has 120 valence electrons. The van der Waals surface area contributed by atoms with Crippen molar-refractivity contribution >= 4 is 17.5 Å². The Morgan fingerprint density at radius 2 is 2.13 bits per heavy atom. The van der Waals surface area contributed by atoms with Gasteiger partial charge in [0.1, 0.15) is 5.82 Å². The Labute approximate surface area is 139 Å². The second kappa shape index (κ2) is 6.69. The first-order valence-electron chi connectivity index (χ1n) is 7.44. The van der Waals surface area contributed by atoms with Gasteiger partial charge in [0, 0.05) is 13.6 Å². The number of amides is 1. The maximum Gasteiger partial charge on any atom is 0.256 e. The molecule has 23 heavy (non-hydrogen) atoms. The minimum absolute atomic E-state index is 0.0762. The summed E-state index contributed by atoms with van der Waals surface area (Å²) in [4.78, 5) is 14.2.